The number of carbonyl (C=O) groups is 1. The molecule has 0 aliphatic heterocycles. The lowest BCUT2D eigenvalue weighted by molar-refractivity contribution is 0.0902. The van der Waals surface area contributed by atoms with Crippen LogP contribution < -0.4 is 10.1 Å². The van der Waals surface area contributed by atoms with Crippen LogP contribution in [0.1, 0.15) is 57.4 Å². The molecule has 2 N–H and O–H groups in total. The summed E-state index contributed by atoms with van der Waals surface area (Å²) in [6.07, 6.45) is 8.62. The van der Waals surface area contributed by atoms with Crippen LogP contribution in [0.4, 0.5) is 0 Å². The molecule has 0 spiro atoms. The van der Waals surface area contributed by atoms with Gasteiger partial charge in [0.1, 0.15) is 0 Å². The molecule has 5 nitrogen and oxygen atoms in total. The Morgan fingerprint density at radius 2 is 2.04 bits per heavy atom. The fraction of sp³-hybridized carbons (Fsp3) is 0.579. The van der Waals surface area contributed by atoms with E-state index < -0.39 is 0 Å². The molecule has 5 heteroatoms. The number of carbonyl (C=O) groups excluding carboxylic acids is 1. The van der Waals surface area contributed by atoms with Crippen molar-refractivity contribution in [1.82, 2.24) is 10.3 Å². The van der Waals surface area contributed by atoms with Crippen molar-refractivity contribution in [3.63, 3.8) is 0 Å². The number of nitrogens with zero attached hydrogens (tertiary/aromatic N) is 1. The van der Waals surface area contributed by atoms with Crippen molar-refractivity contribution in [1.29, 1.82) is 0 Å². The van der Waals surface area contributed by atoms with Gasteiger partial charge in [-0.05, 0) is 30.1 Å². The second-order valence-corrected chi connectivity index (χ2v) is 8.05. The normalized spacial score (nSPS) is 23.6. The summed E-state index contributed by atoms with van der Waals surface area (Å²) in [6.45, 7) is 8.75. The first kappa shape index (κ1) is 18.3. The number of amides is 1. The standard InChI is InChI=1S/C19H28N2O3/c1-18(2)8-6-9-19(3,4)12-13(11-18)21-17(23)15-16(22)14(24-5)7-10-20-15/h6-8,10,13,22H,9,11-12H2,1-5H3,(H,21,23)/b8-6-. The number of allylic oxidation sites excluding steroid dienone is 2. The van der Waals surface area contributed by atoms with Crippen LogP contribution in [0, 0.1) is 10.8 Å². The minimum Gasteiger partial charge on any atom is -0.503 e. The van der Waals surface area contributed by atoms with E-state index in [1.54, 1.807) is 0 Å². The number of ether oxygens (including phenoxy) is 1. The molecule has 0 saturated heterocycles. The Morgan fingerprint density at radius 3 is 2.71 bits per heavy atom. The van der Waals surface area contributed by atoms with Crippen molar-refractivity contribution in [3.05, 3.63) is 30.1 Å². The predicted octanol–water partition coefficient (Wildman–Crippen LogP) is 3.69. The molecule has 1 heterocycles. The highest BCUT2D eigenvalue weighted by atomic mass is 16.5. The summed E-state index contributed by atoms with van der Waals surface area (Å²) in [7, 11) is 1.45. The van der Waals surface area contributed by atoms with Crippen molar-refractivity contribution in [2.45, 2.75) is 53.0 Å². The van der Waals surface area contributed by atoms with E-state index in [0.29, 0.717) is 0 Å². The van der Waals surface area contributed by atoms with E-state index in [9.17, 15) is 9.90 Å². The van der Waals surface area contributed by atoms with Crippen molar-refractivity contribution >= 4 is 5.91 Å². The second-order valence-electron chi connectivity index (χ2n) is 8.05. The molecular formula is C19H28N2O3. The summed E-state index contributed by atoms with van der Waals surface area (Å²) < 4.78 is 5.05. The number of rotatable bonds is 3. The lowest BCUT2D eigenvalue weighted by atomic mass is 9.74. The van der Waals surface area contributed by atoms with Crippen LogP contribution in [0.15, 0.2) is 24.4 Å². The number of methoxy groups -OCH3 is 1. The van der Waals surface area contributed by atoms with Crippen molar-refractivity contribution in [2.24, 2.45) is 10.8 Å². The summed E-state index contributed by atoms with van der Waals surface area (Å²) in [4.78, 5) is 16.6. The summed E-state index contributed by atoms with van der Waals surface area (Å²) in [5.41, 5.74) is 0.121. The number of hydrogen-bond acceptors (Lipinski definition) is 4. The van der Waals surface area contributed by atoms with E-state index in [2.05, 4.69) is 50.1 Å². The lowest BCUT2D eigenvalue weighted by Gasteiger charge is -2.36. The van der Waals surface area contributed by atoms with Crippen LogP contribution in [0.2, 0.25) is 0 Å². The van der Waals surface area contributed by atoms with Gasteiger partial charge >= 0.3 is 0 Å². The Balaban J connectivity index is 2.21. The van der Waals surface area contributed by atoms with Crippen LogP contribution in [0.3, 0.4) is 0 Å². The van der Waals surface area contributed by atoms with Gasteiger partial charge in [0.05, 0.1) is 7.11 Å². The van der Waals surface area contributed by atoms with E-state index in [1.165, 1.54) is 19.4 Å². The third-order valence-corrected chi connectivity index (χ3v) is 4.47. The fourth-order valence-electron chi connectivity index (χ4n) is 3.35. The zero-order valence-corrected chi connectivity index (χ0v) is 15.2. The van der Waals surface area contributed by atoms with Crippen LogP contribution in [-0.2, 0) is 0 Å². The van der Waals surface area contributed by atoms with Gasteiger partial charge in [-0.2, -0.15) is 0 Å². The zero-order valence-electron chi connectivity index (χ0n) is 15.2. The second kappa shape index (κ2) is 6.83. The largest absolute Gasteiger partial charge is 0.503 e. The Bertz CT molecular complexity index is 635. The maximum atomic E-state index is 12.6. The number of hydrogen-bond donors (Lipinski definition) is 2. The van der Waals surface area contributed by atoms with Gasteiger partial charge in [-0.1, -0.05) is 39.8 Å². The molecule has 1 amide bonds. The topological polar surface area (TPSA) is 71.5 Å². The monoisotopic (exact) mass is 332 g/mol. The average molecular weight is 332 g/mol. The first-order valence-electron chi connectivity index (χ1n) is 8.34. The summed E-state index contributed by atoms with van der Waals surface area (Å²) >= 11 is 0. The third kappa shape index (κ3) is 4.49. The molecule has 132 valence electrons. The maximum Gasteiger partial charge on any atom is 0.274 e. The van der Waals surface area contributed by atoms with Crippen molar-refractivity contribution in [2.75, 3.05) is 7.11 Å². The summed E-state index contributed by atoms with van der Waals surface area (Å²) in [5.74, 6) is -0.342. The van der Waals surface area contributed by atoms with Crippen LogP contribution in [-0.4, -0.2) is 29.1 Å². The Hall–Kier alpha value is -2.04. The number of pyridine rings is 1. The highest BCUT2D eigenvalue weighted by molar-refractivity contribution is 5.95. The van der Waals surface area contributed by atoms with Gasteiger partial charge in [0.25, 0.3) is 5.91 Å². The van der Waals surface area contributed by atoms with Crippen molar-refractivity contribution in [3.8, 4) is 11.5 Å². The average Bonchev–Trinajstić information content (AvgIpc) is 2.44. The van der Waals surface area contributed by atoms with Crippen LogP contribution >= 0.6 is 0 Å². The molecular weight excluding hydrogens is 304 g/mol. The number of nitrogens with one attached hydrogen (secondary N) is 1. The Labute approximate surface area is 144 Å². The molecule has 1 aromatic rings. The van der Waals surface area contributed by atoms with Gasteiger partial charge in [-0.3, -0.25) is 4.79 Å². The molecule has 24 heavy (non-hydrogen) atoms. The van der Waals surface area contributed by atoms with Gasteiger partial charge in [0.2, 0.25) is 0 Å². The molecule has 1 aliphatic rings. The third-order valence-electron chi connectivity index (χ3n) is 4.47. The molecule has 2 rings (SSSR count). The molecule has 0 bridgehead atoms. The van der Waals surface area contributed by atoms with Crippen LogP contribution in [0.25, 0.3) is 0 Å². The van der Waals surface area contributed by atoms with Gasteiger partial charge in [0, 0.05) is 18.3 Å². The molecule has 1 atom stereocenters. The molecule has 0 fully saturated rings. The fourth-order valence-corrected chi connectivity index (χ4v) is 3.35. The molecule has 1 unspecified atom stereocenters. The van der Waals surface area contributed by atoms with E-state index in [1.807, 2.05) is 0 Å². The summed E-state index contributed by atoms with van der Waals surface area (Å²) in [6, 6.07) is 1.54. The molecule has 0 radical (unpaired) electrons. The first-order valence-corrected chi connectivity index (χ1v) is 8.34. The predicted molar refractivity (Wildman–Crippen MR) is 94.3 cm³/mol. The smallest absolute Gasteiger partial charge is 0.274 e. The highest BCUT2D eigenvalue weighted by Crippen LogP contribution is 2.36. The first-order chi connectivity index (χ1) is 11.1. The molecule has 1 aromatic heterocycles. The minimum atomic E-state index is -0.368. The van der Waals surface area contributed by atoms with Gasteiger partial charge in [0.15, 0.2) is 17.2 Å². The van der Waals surface area contributed by atoms with Gasteiger partial charge < -0.3 is 15.2 Å². The van der Waals surface area contributed by atoms with Gasteiger partial charge in [-0.25, -0.2) is 4.98 Å². The summed E-state index contributed by atoms with van der Waals surface area (Å²) in [5, 5.41) is 13.2. The quantitative estimate of drug-likeness (QED) is 0.828. The molecule has 0 saturated carbocycles. The number of aromatic nitrogens is 1. The van der Waals surface area contributed by atoms with E-state index in [4.69, 9.17) is 4.74 Å². The number of aromatic hydroxyl groups is 1. The van der Waals surface area contributed by atoms with Crippen molar-refractivity contribution < 1.29 is 14.6 Å². The Morgan fingerprint density at radius 1 is 1.33 bits per heavy atom. The SMILES string of the molecule is COc1ccnc(C(=O)NC2CC(C)(C)/C=C\CC(C)(C)C2)c1O. The Kier molecular flexibility index (Phi) is 5.21. The molecule has 0 aromatic carbocycles. The van der Waals surface area contributed by atoms with E-state index >= 15 is 0 Å². The maximum absolute atomic E-state index is 12.6. The minimum absolute atomic E-state index is 0.00237. The van der Waals surface area contributed by atoms with Crippen LogP contribution in [0.5, 0.6) is 11.5 Å². The highest BCUT2D eigenvalue weighted by Gasteiger charge is 2.31. The van der Waals surface area contributed by atoms with Gasteiger partial charge in [-0.15, -0.1) is 0 Å². The lowest BCUT2D eigenvalue weighted by Crippen LogP contribution is -2.41. The molecule has 1 aliphatic carbocycles. The van der Waals surface area contributed by atoms with E-state index in [-0.39, 0.29) is 40.0 Å². The zero-order chi connectivity index (χ0) is 18.0. The van der Waals surface area contributed by atoms with E-state index in [0.717, 1.165) is 19.3 Å².